The van der Waals surface area contributed by atoms with E-state index in [4.69, 9.17) is 11.6 Å². The lowest BCUT2D eigenvalue weighted by Crippen LogP contribution is -2.56. The molecule has 0 bridgehead atoms. The van der Waals surface area contributed by atoms with E-state index in [1.807, 2.05) is 23.7 Å². The van der Waals surface area contributed by atoms with Crippen LogP contribution in [-0.2, 0) is 22.6 Å². The second kappa shape index (κ2) is 11.5. The van der Waals surface area contributed by atoms with Crippen molar-refractivity contribution in [3.63, 3.8) is 0 Å². The fourth-order valence-corrected chi connectivity index (χ4v) is 6.41. The molecule has 2 heterocycles. The zero-order valence-electron chi connectivity index (χ0n) is 21.6. The molecule has 0 spiro atoms. The highest BCUT2D eigenvalue weighted by atomic mass is 35.5. The van der Waals surface area contributed by atoms with Gasteiger partial charge in [-0.1, -0.05) is 17.7 Å². The van der Waals surface area contributed by atoms with Crippen LogP contribution in [0.25, 0.3) is 0 Å². The van der Waals surface area contributed by atoms with Gasteiger partial charge in [0, 0.05) is 30.5 Å². The normalized spacial score (nSPS) is 18.3. The van der Waals surface area contributed by atoms with Gasteiger partial charge in [-0.2, -0.15) is 13.2 Å². The van der Waals surface area contributed by atoms with E-state index >= 15 is 8.78 Å². The van der Waals surface area contributed by atoms with Gasteiger partial charge in [-0.25, -0.2) is 27.2 Å². The number of nitrogens with one attached hydrogen (secondary N) is 1. The number of sulfonamides is 1. The maximum Gasteiger partial charge on any atom is 0.417 e. The van der Waals surface area contributed by atoms with Crippen molar-refractivity contribution in [3.8, 4) is 0 Å². The zero-order valence-corrected chi connectivity index (χ0v) is 23.2. The fourth-order valence-electron chi connectivity index (χ4n) is 4.97. The van der Waals surface area contributed by atoms with Crippen molar-refractivity contribution < 1.29 is 30.4 Å². The maximum atomic E-state index is 15.1. The molecule has 0 aliphatic carbocycles. The molecule has 1 atom stereocenters. The molecule has 0 radical (unpaired) electrons. The third-order valence-corrected chi connectivity index (χ3v) is 8.88. The predicted molar refractivity (Wildman–Crippen MR) is 142 cm³/mol. The molecule has 1 aliphatic rings. The van der Waals surface area contributed by atoms with E-state index in [0.29, 0.717) is 37.9 Å². The van der Waals surface area contributed by atoms with Crippen LogP contribution in [0.2, 0.25) is 5.02 Å². The maximum absolute atomic E-state index is 15.1. The lowest BCUT2D eigenvalue weighted by Gasteiger charge is -2.48. The predicted octanol–water partition coefficient (Wildman–Crippen LogP) is 5.76. The zero-order chi connectivity index (χ0) is 29.3. The lowest BCUT2D eigenvalue weighted by molar-refractivity contribution is -0.137. The average Bonchev–Trinajstić information content (AvgIpc) is 2.86. The van der Waals surface area contributed by atoms with Crippen LogP contribution >= 0.6 is 11.6 Å². The van der Waals surface area contributed by atoms with Crippen LogP contribution in [-0.4, -0.2) is 56.0 Å². The molecule has 1 aromatic heterocycles. The molecule has 40 heavy (non-hydrogen) atoms. The number of anilines is 2. The Morgan fingerprint density at radius 1 is 1.12 bits per heavy atom. The van der Waals surface area contributed by atoms with Gasteiger partial charge in [0.25, 0.3) is 10.0 Å². The monoisotopic (exact) mass is 603 g/mol. The Morgan fingerprint density at radius 2 is 1.82 bits per heavy atom. The van der Waals surface area contributed by atoms with E-state index in [9.17, 15) is 21.6 Å². The molecular formula is C26H27ClF5N5O2S. The molecule has 4 rings (SSSR count). The smallest absolute Gasteiger partial charge is 0.370 e. The Labute approximate surface area is 234 Å². The summed E-state index contributed by atoms with van der Waals surface area (Å²) in [6.45, 7) is 0.838. The van der Waals surface area contributed by atoms with Crippen molar-refractivity contribution >= 4 is 33.1 Å². The summed E-state index contributed by atoms with van der Waals surface area (Å²) in [6, 6.07) is 6.90. The summed E-state index contributed by atoms with van der Waals surface area (Å²) < 4.78 is 96.9. The number of piperidine rings is 1. The van der Waals surface area contributed by atoms with E-state index in [2.05, 4.69) is 9.97 Å². The quantitative estimate of drug-likeness (QED) is 0.330. The van der Waals surface area contributed by atoms with Crippen LogP contribution in [0.1, 0.15) is 30.4 Å². The highest BCUT2D eigenvalue weighted by molar-refractivity contribution is 7.92. The fraction of sp³-hybridized carbons (Fsp3) is 0.385. The molecule has 1 N–H and O–H groups in total. The van der Waals surface area contributed by atoms with Crippen LogP contribution in [0.4, 0.5) is 33.5 Å². The van der Waals surface area contributed by atoms with Crippen LogP contribution in [0.5, 0.6) is 0 Å². The molecule has 1 aliphatic heterocycles. The first kappa shape index (κ1) is 29.9. The molecule has 2 aromatic carbocycles. The van der Waals surface area contributed by atoms with Gasteiger partial charge in [-0.3, -0.25) is 4.72 Å². The lowest BCUT2D eigenvalue weighted by atomic mass is 9.82. The van der Waals surface area contributed by atoms with Crippen molar-refractivity contribution in [3.05, 3.63) is 76.7 Å². The molecule has 216 valence electrons. The molecule has 7 nitrogen and oxygen atoms in total. The average molecular weight is 604 g/mol. The largest absolute Gasteiger partial charge is 0.417 e. The molecule has 3 aromatic rings. The van der Waals surface area contributed by atoms with E-state index in [-0.39, 0.29) is 16.5 Å². The van der Waals surface area contributed by atoms with E-state index < -0.39 is 43.8 Å². The van der Waals surface area contributed by atoms with Gasteiger partial charge in [-0.15, -0.1) is 0 Å². The van der Waals surface area contributed by atoms with E-state index in [0.717, 1.165) is 30.9 Å². The third-order valence-electron chi connectivity index (χ3n) is 7.16. The topological polar surface area (TPSA) is 78.4 Å². The SMILES string of the molecule is CN(C)[C@]1(CCc2ccc(C(F)(F)F)c(Cl)c2)CCCN(c2cc(F)c(S(=O)(=O)Nc3ccncn3)c(F)c2)C1. The van der Waals surface area contributed by atoms with Crippen LogP contribution < -0.4 is 9.62 Å². The molecule has 0 unspecified atom stereocenters. The second-order valence-corrected chi connectivity index (χ2v) is 11.9. The van der Waals surface area contributed by atoms with Crippen LogP contribution in [0.15, 0.2) is 53.8 Å². The van der Waals surface area contributed by atoms with E-state index in [1.54, 1.807) is 4.90 Å². The summed E-state index contributed by atoms with van der Waals surface area (Å²) in [5, 5.41) is -0.371. The summed E-state index contributed by atoms with van der Waals surface area (Å²) in [5.74, 6) is -2.65. The minimum atomic E-state index is -4.61. The van der Waals surface area contributed by atoms with Crippen LogP contribution in [0, 0.1) is 11.6 Å². The summed E-state index contributed by atoms with van der Waals surface area (Å²) in [6.07, 6.45) is 0.204. The first-order valence-corrected chi connectivity index (χ1v) is 14.1. The summed E-state index contributed by atoms with van der Waals surface area (Å²) >= 11 is 5.89. The number of nitrogens with zero attached hydrogens (tertiary/aromatic N) is 4. The Bertz CT molecular complexity index is 1450. The minimum Gasteiger partial charge on any atom is -0.370 e. The van der Waals surface area contributed by atoms with Crippen molar-refractivity contribution in [1.82, 2.24) is 14.9 Å². The summed E-state index contributed by atoms with van der Waals surface area (Å²) in [4.78, 5) is 10.0. The van der Waals surface area contributed by atoms with Crippen molar-refractivity contribution in [2.45, 2.75) is 42.3 Å². The Hall–Kier alpha value is -3.03. The molecule has 1 fully saturated rings. The van der Waals surface area contributed by atoms with Gasteiger partial charge in [-0.05, 0) is 75.7 Å². The van der Waals surface area contributed by atoms with E-state index in [1.165, 1.54) is 24.4 Å². The Morgan fingerprint density at radius 3 is 2.40 bits per heavy atom. The highest BCUT2D eigenvalue weighted by Crippen LogP contribution is 2.37. The van der Waals surface area contributed by atoms with Gasteiger partial charge in [0.1, 0.15) is 23.8 Å². The van der Waals surface area contributed by atoms with Gasteiger partial charge >= 0.3 is 6.18 Å². The van der Waals surface area contributed by atoms with Gasteiger partial charge in [0.05, 0.1) is 10.6 Å². The first-order chi connectivity index (χ1) is 18.7. The molecule has 1 saturated heterocycles. The number of hydrogen-bond acceptors (Lipinski definition) is 6. The van der Waals surface area contributed by atoms with Crippen LogP contribution in [0.3, 0.4) is 0 Å². The number of aryl methyl sites for hydroxylation is 1. The number of alkyl halides is 3. The van der Waals surface area contributed by atoms with Crippen molar-refractivity contribution in [2.75, 3.05) is 36.8 Å². The number of hydrogen-bond donors (Lipinski definition) is 1. The number of likely N-dealkylation sites (N-methyl/N-ethyl adjacent to an activating group) is 1. The van der Waals surface area contributed by atoms with Gasteiger partial charge in [0.2, 0.25) is 0 Å². The third kappa shape index (κ3) is 6.47. The Kier molecular flexibility index (Phi) is 8.57. The van der Waals surface area contributed by atoms with Crippen molar-refractivity contribution in [1.29, 1.82) is 0 Å². The second-order valence-electron chi connectivity index (χ2n) is 9.89. The van der Waals surface area contributed by atoms with Gasteiger partial charge in [0.15, 0.2) is 4.90 Å². The number of halogens is 6. The molecule has 14 heteroatoms. The molecular weight excluding hydrogens is 577 g/mol. The molecule has 0 saturated carbocycles. The number of rotatable bonds is 8. The first-order valence-electron chi connectivity index (χ1n) is 12.3. The number of aromatic nitrogens is 2. The minimum absolute atomic E-state index is 0.140. The molecule has 0 amide bonds. The number of benzene rings is 2. The Balaban J connectivity index is 1.55. The summed E-state index contributed by atoms with van der Waals surface area (Å²) in [7, 11) is -0.864. The standard InChI is InChI=1S/C26H27ClF5N5O2S/c1-36(2)25(9-6-17-4-5-19(20(27)12-17)26(30,31)32)8-3-11-37(15-25)18-13-21(28)24(22(29)14-18)40(38,39)35-23-7-10-33-16-34-23/h4-5,7,10,12-14,16H,3,6,8-9,11,15H2,1-2H3,(H,33,34,35)/t25-/m0/s1. The highest BCUT2D eigenvalue weighted by Gasteiger charge is 2.38. The summed E-state index contributed by atoms with van der Waals surface area (Å²) in [5.41, 5.74) is -0.552. The van der Waals surface area contributed by atoms with Gasteiger partial charge < -0.3 is 9.80 Å². The van der Waals surface area contributed by atoms with Crippen molar-refractivity contribution in [2.24, 2.45) is 0 Å².